The molecule has 0 fully saturated rings. The van der Waals surface area contributed by atoms with Gasteiger partial charge in [-0.25, -0.2) is 9.37 Å². The average molecular weight is 339 g/mol. The number of thiazole rings is 1. The van der Waals surface area contributed by atoms with E-state index in [-0.39, 0.29) is 5.82 Å². The third-order valence-electron chi connectivity index (χ3n) is 4.33. The van der Waals surface area contributed by atoms with Crippen molar-refractivity contribution >= 4 is 22.7 Å². The summed E-state index contributed by atoms with van der Waals surface area (Å²) in [5, 5.41) is 3.04. The summed E-state index contributed by atoms with van der Waals surface area (Å²) in [6.07, 6.45) is 1.84. The molecule has 122 valence electrons. The van der Waals surface area contributed by atoms with Crippen LogP contribution in [0.15, 0.2) is 54.0 Å². The number of hydrogen-bond acceptors (Lipinski definition) is 4. The van der Waals surface area contributed by atoms with Crippen LogP contribution in [0.1, 0.15) is 5.56 Å². The van der Waals surface area contributed by atoms with Gasteiger partial charge in [0.05, 0.1) is 0 Å². The number of rotatable bonds is 2. The molecular formula is C19H18FN3S. The van der Waals surface area contributed by atoms with Crippen molar-refractivity contribution < 1.29 is 4.39 Å². The van der Waals surface area contributed by atoms with Crippen LogP contribution >= 0.6 is 11.3 Å². The highest BCUT2D eigenvalue weighted by atomic mass is 32.1. The molecule has 0 atom stereocenters. The van der Waals surface area contributed by atoms with Crippen LogP contribution in [0.2, 0.25) is 0 Å². The van der Waals surface area contributed by atoms with Gasteiger partial charge in [-0.1, -0.05) is 0 Å². The van der Waals surface area contributed by atoms with Gasteiger partial charge in [-0.05, 0) is 55.1 Å². The van der Waals surface area contributed by atoms with E-state index in [4.69, 9.17) is 0 Å². The van der Waals surface area contributed by atoms with Gasteiger partial charge in [0.2, 0.25) is 0 Å². The zero-order valence-electron chi connectivity index (χ0n) is 13.4. The second-order valence-corrected chi connectivity index (χ2v) is 6.94. The summed E-state index contributed by atoms with van der Waals surface area (Å²) in [6.45, 7) is 2.73. The first-order valence-corrected chi connectivity index (χ1v) is 8.83. The van der Waals surface area contributed by atoms with Crippen LogP contribution in [0.4, 0.5) is 15.8 Å². The fourth-order valence-corrected chi connectivity index (χ4v) is 3.76. The van der Waals surface area contributed by atoms with Gasteiger partial charge in [-0.15, -0.1) is 11.3 Å². The molecule has 0 amide bonds. The molecule has 0 saturated heterocycles. The van der Waals surface area contributed by atoms with Gasteiger partial charge in [-0.2, -0.15) is 0 Å². The number of hydrogen-bond donors (Lipinski definition) is 0. The first-order valence-electron chi connectivity index (χ1n) is 7.95. The topological polar surface area (TPSA) is 19.4 Å². The Hall–Kier alpha value is -2.24. The van der Waals surface area contributed by atoms with E-state index in [0.717, 1.165) is 35.9 Å². The highest BCUT2D eigenvalue weighted by molar-refractivity contribution is 7.13. The Morgan fingerprint density at radius 1 is 1.08 bits per heavy atom. The summed E-state index contributed by atoms with van der Waals surface area (Å²) in [4.78, 5) is 9.00. The van der Waals surface area contributed by atoms with E-state index in [1.54, 1.807) is 11.3 Å². The highest BCUT2D eigenvalue weighted by Gasteiger charge is 2.20. The number of aromatic nitrogens is 1. The molecule has 2 heterocycles. The van der Waals surface area contributed by atoms with Crippen LogP contribution in [-0.4, -0.2) is 30.0 Å². The van der Waals surface area contributed by atoms with E-state index in [9.17, 15) is 4.39 Å². The number of benzene rings is 2. The Bertz CT molecular complexity index is 830. The summed E-state index contributed by atoms with van der Waals surface area (Å²) in [7, 11) is 2.13. The molecule has 1 aromatic heterocycles. The van der Waals surface area contributed by atoms with E-state index >= 15 is 0 Å². The van der Waals surface area contributed by atoms with E-state index in [0.29, 0.717) is 0 Å². The number of likely N-dealkylation sites (N-methyl/N-ethyl adjacent to an activating group) is 1. The van der Waals surface area contributed by atoms with Crippen molar-refractivity contribution in [3.63, 3.8) is 0 Å². The minimum absolute atomic E-state index is 0.204. The molecule has 3 aromatic rings. The average Bonchev–Trinajstić information content (AvgIpc) is 3.06. The quantitative estimate of drug-likeness (QED) is 0.684. The van der Waals surface area contributed by atoms with E-state index in [1.165, 1.54) is 23.4 Å². The van der Waals surface area contributed by atoms with Gasteiger partial charge >= 0.3 is 0 Å². The zero-order valence-corrected chi connectivity index (χ0v) is 14.3. The van der Waals surface area contributed by atoms with Crippen LogP contribution < -0.4 is 4.90 Å². The number of anilines is 2. The first-order chi connectivity index (χ1) is 11.7. The Morgan fingerprint density at radius 3 is 2.67 bits per heavy atom. The lowest BCUT2D eigenvalue weighted by Gasteiger charge is -2.25. The third kappa shape index (κ3) is 2.92. The van der Waals surface area contributed by atoms with Gasteiger partial charge in [0.1, 0.15) is 10.8 Å². The largest absolute Gasteiger partial charge is 0.340 e. The van der Waals surface area contributed by atoms with E-state index in [2.05, 4.69) is 40.0 Å². The fourth-order valence-electron chi connectivity index (χ4n) is 3.12. The van der Waals surface area contributed by atoms with Crippen LogP contribution in [0.3, 0.4) is 0 Å². The van der Waals surface area contributed by atoms with Crippen LogP contribution in [0.5, 0.6) is 0 Å². The molecular weight excluding hydrogens is 321 g/mol. The van der Waals surface area contributed by atoms with E-state index < -0.39 is 0 Å². The molecule has 3 nitrogen and oxygen atoms in total. The molecule has 0 saturated carbocycles. The molecule has 0 N–H and O–H groups in total. The summed E-state index contributed by atoms with van der Waals surface area (Å²) in [5.41, 5.74) is 4.63. The normalized spacial score (nSPS) is 15.2. The summed E-state index contributed by atoms with van der Waals surface area (Å²) < 4.78 is 13.3. The molecule has 1 aliphatic rings. The maximum absolute atomic E-state index is 13.3. The van der Waals surface area contributed by atoms with Gasteiger partial charge in [0.25, 0.3) is 0 Å². The Morgan fingerprint density at radius 2 is 1.92 bits per heavy atom. The van der Waals surface area contributed by atoms with Gasteiger partial charge in [-0.3, -0.25) is 0 Å². The van der Waals surface area contributed by atoms with Crippen molar-refractivity contribution in [3.8, 4) is 10.6 Å². The molecule has 0 bridgehead atoms. The molecule has 24 heavy (non-hydrogen) atoms. The lowest BCUT2D eigenvalue weighted by atomic mass is 10.1. The summed E-state index contributed by atoms with van der Waals surface area (Å²) in [6, 6.07) is 13.3. The summed E-state index contributed by atoms with van der Waals surface area (Å²) >= 11 is 1.65. The van der Waals surface area contributed by atoms with Gasteiger partial charge in [0.15, 0.2) is 0 Å². The zero-order chi connectivity index (χ0) is 16.5. The monoisotopic (exact) mass is 339 g/mol. The molecule has 4 rings (SSSR count). The van der Waals surface area contributed by atoms with Crippen molar-refractivity contribution in [2.24, 2.45) is 0 Å². The standard InChI is InChI=1S/C19H18FN3S/c1-22-9-10-23(17-5-3-16(20)4-6-17)18-7-2-14(12-15(18)13-22)19-21-8-11-24-19/h2-8,11-12H,9-10,13H2,1H3. The predicted molar refractivity (Wildman–Crippen MR) is 97.3 cm³/mol. The Balaban J connectivity index is 1.78. The smallest absolute Gasteiger partial charge is 0.123 e. The Labute approximate surface area is 145 Å². The first kappa shape index (κ1) is 15.3. The van der Waals surface area contributed by atoms with Crippen molar-refractivity contribution in [1.82, 2.24) is 9.88 Å². The van der Waals surface area contributed by atoms with E-state index in [1.807, 2.05) is 23.7 Å². The molecule has 0 spiro atoms. The molecule has 2 aromatic carbocycles. The van der Waals surface area contributed by atoms with Gasteiger partial charge < -0.3 is 9.80 Å². The minimum Gasteiger partial charge on any atom is -0.340 e. The molecule has 5 heteroatoms. The van der Waals surface area contributed by atoms with Crippen molar-refractivity contribution in [1.29, 1.82) is 0 Å². The number of halogens is 1. The fraction of sp³-hybridized carbons (Fsp3) is 0.211. The van der Waals surface area contributed by atoms with Crippen LogP contribution in [0, 0.1) is 5.82 Å². The molecule has 0 unspecified atom stereocenters. The van der Waals surface area contributed by atoms with Crippen LogP contribution in [0.25, 0.3) is 10.6 Å². The van der Waals surface area contributed by atoms with Crippen molar-refractivity contribution in [3.05, 3.63) is 65.4 Å². The minimum atomic E-state index is -0.204. The maximum atomic E-state index is 13.3. The number of nitrogens with zero attached hydrogens (tertiary/aromatic N) is 3. The second-order valence-electron chi connectivity index (χ2n) is 6.05. The molecule has 0 aliphatic carbocycles. The molecule has 1 aliphatic heterocycles. The van der Waals surface area contributed by atoms with Crippen molar-refractivity contribution in [2.75, 3.05) is 25.0 Å². The maximum Gasteiger partial charge on any atom is 0.123 e. The highest BCUT2D eigenvalue weighted by Crippen LogP contribution is 2.34. The molecule has 0 radical (unpaired) electrons. The van der Waals surface area contributed by atoms with Gasteiger partial charge in [0, 0.05) is 48.1 Å². The SMILES string of the molecule is CN1CCN(c2ccc(F)cc2)c2ccc(-c3nccs3)cc2C1. The summed E-state index contributed by atoms with van der Waals surface area (Å²) in [5.74, 6) is -0.204. The van der Waals surface area contributed by atoms with Crippen molar-refractivity contribution in [2.45, 2.75) is 6.54 Å². The number of fused-ring (bicyclic) bond motifs is 1. The third-order valence-corrected chi connectivity index (χ3v) is 5.16. The predicted octanol–water partition coefficient (Wildman–Crippen LogP) is 4.53. The lowest BCUT2D eigenvalue weighted by molar-refractivity contribution is 0.343. The lowest BCUT2D eigenvalue weighted by Crippen LogP contribution is -2.26. The van der Waals surface area contributed by atoms with Crippen LogP contribution in [-0.2, 0) is 6.54 Å². The second kappa shape index (κ2) is 6.34. The Kier molecular flexibility index (Phi) is 4.04.